The molecule has 4 aliphatic carbocycles. The molecule has 0 radical (unpaired) electrons. The fourth-order valence-electron chi connectivity index (χ4n) is 8.05. The van der Waals surface area contributed by atoms with Crippen molar-refractivity contribution in [3.05, 3.63) is 0 Å². The maximum absolute atomic E-state index is 15.2. The third kappa shape index (κ3) is 2.49. The summed E-state index contributed by atoms with van der Waals surface area (Å²) in [6.45, 7) is 9.07. The van der Waals surface area contributed by atoms with Crippen LogP contribution in [0, 0.1) is 46.3 Å². The Morgan fingerprint density at radius 3 is 2.29 bits per heavy atom. The third-order valence-electron chi connectivity index (χ3n) is 9.15. The Morgan fingerprint density at radius 2 is 1.58 bits per heavy atom. The summed E-state index contributed by atoms with van der Waals surface area (Å²) in [6.07, 6.45) is 8.59. The maximum atomic E-state index is 15.2. The van der Waals surface area contributed by atoms with Crippen molar-refractivity contribution in [2.45, 2.75) is 91.3 Å². The molecule has 0 saturated heterocycles. The Hall–Kier alpha value is -0.110. The Bertz CT molecular complexity index is 486. The van der Waals surface area contributed by atoms with Crippen LogP contribution in [0.15, 0.2) is 0 Å². The standard InChI is InChI=1S/C22H37FO/c1-13(24)18-5-6-19-16-11-20(23)17-12-21(2,3)9-7-15(17)14(16)8-10-22(18,19)4/h13-20,24H,5-12H2,1-4H3. The molecule has 0 spiro atoms. The lowest BCUT2D eigenvalue weighted by atomic mass is 9.48. The molecule has 4 saturated carbocycles. The monoisotopic (exact) mass is 336 g/mol. The van der Waals surface area contributed by atoms with Gasteiger partial charge in [-0.25, -0.2) is 4.39 Å². The van der Waals surface area contributed by atoms with Crippen molar-refractivity contribution >= 4 is 0 Å². The van der Waals surface area contributed by atoms with Gasteiger partial charge in [0.2, 0.25) is 0 Å². The second-order valence-corrected chi connectivity index (χ2v) is 10.9. The molecule has 1 N–H and O–H groups in total. The molecule has 0 aromatic heterocycles. The number of hydrogen-bond acceptors (Lipinski definition) is 1. The first kappa shape index (κ1) is 17.3. The van der Waals surface area contributed by atoms with Crippen molar-refractivity contribution < 1.29 is 9.50 Å². The van der Waals surface area contributed by atoms with E-state index in [1.807, 2.05) is 6.92 Å². The lowest BCUT2D eigenvalue weighted by Gasteiger charge is -2.58. The van der Waals surface area contributed by atoms with Crippen molar-refractivity contribution in [1.29, 1.82) is 0 Å². The Labute approximate surface area is 147 Å². The molecule has 0 aromatic carbocycles. The summed E-state index contributed by atoms with van der Waals surface area (Å²) in [4.78, 5) is 0. The van der Waals surface area contributed by atoms with Gasteiger partial charge in [-0.05, 0) is 105 Å². The molecule has 24 heavy (non-hydrogen) atoms. The Kier molecular flexibility index (Phi) is 4.11. The van der Waals surface area contributed by atoms with Gasteiger partial charge in [0.25, 0.3) is 0 Å². The molecule has 0 heterocycles. The second-order valence-electron chi connectivity index (χ2n) is 10.9. The molecule has 0 aliphatic heterocycles. The summed E-state index contributed by atoms with van der Waals surface area (Å²) in [7, 11) is 0. The fraction of sp³-hybridized carbons (Fsp3) is 1.00. The minimum absolute atomic E-state index is 0.204. The molecular weight excluding hydrogens is 299 g/mol. The minimum atomic E-state index is -0.580. The van der Waals surface area contributed by atoms with E-state index in [0.717, 1.165) is 25.2 Å². The molecule has 0 bridgehead atoms. The number of halogens is 1. The second kappa shape index (κ2) is 5.69. The molecule has 4 aliphatic rings. The van der Waals surface area contributed by atoms with Crippen LogP contribution in [-0.2, 0) is 0 Å². The molecule has 2 heteroatoms. The topological polar surface area (TPSA) is 20.2 Å². The first-order valence-corrected chi connectivity index (χ1v) is 10.5. The van der Waals surface area contributed by atoms with Gasteiger partial charge in [-0.15, -0.1) is 0 Å². The molecule has 0 amide bonds. The molecule has 9 unspecified atom stereocenters. The number of aliphatic hydroxyl groups is 1. The van der Waals surface area contributed by atoms with Crippen LogP contribution < -0.4 is 0 Å². The van der Waals surface area contributed by atoms with Crippen LogP contribution in [0.5, 0.6) is 0 Å². The van der Waals surface area contributed by atoms with Crippen molar-refractivity contribution in [2.24, 2.45) is 46.3 Å². The van der Waals surface area contributed by atoms with E-state index in [4.69, 9.17) is 0 Å². The highest BCUT2D eigenvalue weighted by molar-refractivity contribution is 5.08. The molecule has 4 rings (SSSR count). The summed E-state index contributed by atoms with van der Waals surface area (Å²) in [5, 5.41) is 10.3. The number of hydrogen-bond donors (Lipinski definition) is 1. The van der Waals surface area contributed by atoms with Gasteiger partial charge in [0.05, 0.1) is 6.10 Å². The number of alkyl halides is 1. The molecule has 1 nitrogen and oxygen atoms in total. The zero-order chi connectivity index (χ0) is 17.3. The van der Waals surface area contributed by atoms with Crippen LogP contribution in [0.25, 0.3) is 0 Å². The molecule has 4 fully saturated rings. The van der Waals surface area contributed by atoms with E-state index in [1.54, 1.807) is 0 Å². The molecule has 138 valence electrons. The van der Waals surface area contributed by atoms with Crippen molar-refractivity contribution in [2.75, 3.05) is 0 Å². The van der Waals surface area contributed by atoms with Gasteiger partial charge in [0.15, 0.2) is 0 Å². The van der Waals surface area contributed by atoms with Crippen LogP contribution in [0.4, 0.5) is 4.39 Å². The summed E-state index contributed by atoms with van der Waals surface area (Å²) in [5.41, 5.74) is 0.599. The minimum Gasteiger partial charge on any atom is -0.393 e. The first-order valence-electron chi connectivity index (χ1n) is 10.5. The molecular formula is C22H37FO. The summed E-state index contributed by atoms with van der Waals surface area (Å²) < 4.78 is 15.2. The lowest BCUT2D eigenvalue weighted by Crippen LogP contribution is -2.53. The molecule has 9 atom stereocenters. The van der Waals surface area contributed by atoms with Crippen LogP contribution in [0.3, 0.4) is 0 Å². The van der Waals surface area contributed by atoms with Gasteiger partial charge in [0.1, 0.15) is 6.17 Å². The van der Waals surface area contributed by atoms with Crippen molar-refractivity contribution in [3.63, 3.8) is 0 Å². The normalized spacial score (nSPS) is 54.5. The van der Waals surface area contributed by atoms with Crippen molar-refractivity contribution in [1.82, 2.24) is 0 Å². The summed E-state index contributed by atoms with van der Waals surface area (Å²) in [5.74, 6) is 3.42. The Balaban J connectivity index is 1.59. The predicted octanol–water partition coefficient (Wildman–Crippen LogP) is 5.61. The van der Waals surface area contributed by atoms with Crippen LogP contribution in [0.1, 0.15) is 79.1 Å². The van der Waals surface area contributed by atoms with Gasteiger partial charge in [-0.2, -0.15) is 0 Å². The van der Waals surface area contributed by atoms with E-state index < -0.39 is 6.17 Å². The van der Waals surface area contributed by atoms with E-state index in [9.17, 15) is 5.11 Å². The summed E-state index contributed by atoms with van der Waals surface area (Å²) >= 11 is 0. The van der Waals surface area contributed by atoms with Gasteiger partial charge < -0.3 is 5.11 Å². The van der Waals surface area contributed by atoms with E-state index in [0.29, 0.717) is 35.0 Å². The van der Waals surface area contributed by atoms with E-state index in [2.05, 4.69) is 20.8 Å². The fourth-order valence-corrected chi connectivity index (χ4v) is 8.05. The smallest absolute Gasteiger partial charge is 0.103 e. The third-order valence-corrected chi connectivity index (χ3v) is 9.15. The van der Waals surface area contributed by atoms with E-state index in [1.165, 1.54) is 32.1 Å². The average molecular weight is 337 g/mol. The quantitative estimate of drug-likeness (QED) is 0.660. The zero-order valence-electron chi connectivity index (χ0n) is 16.1. The highest BCUT2D eigenvalue weighted by atomic mass is 19.1. The number of aliphatic hydroxyl groups excluding tert-OH is 1. The van der Waals surface area contributed by atoms with Gasteiger partial charge in [0, 0.05) is 0 Å². The summed E-state index contributed by atoms with van der Waals surface area (Å²) in [6, 6.07) is 0. The van der Waals surface area contributed by atoms with Crippen LogP contribution in [0.2, 0.25) is 0 Å². The first-order chi connectivity index (χ1) is 11.2. The maximum Gasteiger partial charge on any atom is 0.103 e. The Morgan fingerprint density at radius 1 is 0.917 bits per heavy atom. The lowest BCUT2D eigenvalue weighted by molar-refractivity contribution is -0.113. The number of fused-ring (bicyclic) bond motifs is 5. The predicted molar refractivity (Wildman–Crippen MR) is 96.3 cm³/mol. The van der Waals surface area contributed by atoms with E-state index in [-0.39, 0.29) is 11.5 Å². The highest BCUT2D eigenvalue weighted by Crippen LogP contribution is 2.65. The van der Waals surface area contributed by atoms with E-state index >= 15 is 4.39 Å². The van der Waals surface area contributed by atoms with Gasteiger partial charge in [-0.3, -0.25) is 0 Å². The van der Waals surface area contributed by atoms with Crippen LogP contribution >= 0.6 is 0 Å². The zero-order valence-corrected chi connectivity index (χ0v) is 16.1. The van der Waals surface area contributed by atoms with Crippen molar-refractivity contribution in [3.8, 4) is 0 Å². The number of rotatable bonds is 1. The highest BCUT2D eigenvalue weighted by Gasteiger charge is 2.59. The van der Waals surface area contributed by atoms with Crippen LogP contribution in [-0.4, -0.2) is 17.4 Å². The largest absolute Gasteiger partial charge is 0.393 e. The van der Waals surface area contributed by atoms with Gasteiger partial charge in [-0.1, -0.05) is 20.8 Å². The molecule has 0 aromatic rings. The average Bonchev–Trinajstić information content (AvgIpc) is 2.85. The van der Waals surface area contributed by atoms with Gasteiger partial charge >= 0.3 is 0 Å². The SMILES string of the molecule is CC(O)C1CCC2C3CC(F)C4CC(C)(C)CCC4C3CCC12C.